The van der Waals surface area contributed by atoms with Crippen LogP contribution in [0.15, 0.2) is 79.0 Å². The Labute approximate surface area is 205 Å². The predicted octanol–water partition coefficient (Wildman–Crippen LogP) is 5.27. The number of nitrogens with zero attached hydrogens (tertiary/aromatic N) is 2. The van der Waals surface area contributed by atoms with Crippen molar-refractivity contribution in [2.24, 2.45) is 0 Å². The molecule has 0 atom stereocenters. The second-order valence-corrected chi connectivity index (χ2v) is 7.92. The molecule has 1 aliphatic heterocycles. The van der Waals surface area contributed by atoms with Crippen LogP contribution in [0.5, 0.6) is 5.75 Å². The lowest BCUT2D eigenvalue weighted by molar-refractivity contribution is -0.106. The third-order valence-corrected chi connectivity index (χ3v) is 5.52. The lowest BCUT2D eigenvalue weighted by Gasteiger charge is -2.20. The first kappa shape index (κ1) is 25.3. The van der Waals surface area contributed by atoms with Gasteiger partial charge in [0, 0.05) is 34.8 Å². The number of benzene rings is 3. The minimum absolute atomic E-state index is 0.0351. The lowest BCUT2D eigenvalue weighted by Crippen LogP contribution is -2.32. The summed E-state index contributed by atoms with van der Waals surface area (Å²) in [5, 5.41) is 1.11. The molecule has 6 heteroatoms. The van der Waals surface area contributed by atoms with Crippen LogP contribution in [-0.2, 0) is 16.1 Å². The van der Waals surface area contributed by atoms with Gasteiger partial charge in [-0.05, 0) is 55.8 Å². The van der Waals surface area contributed by atoms with Crippen molar-refractivity contribution < 1.29 is 19.1 Å². The summed E-state index contributed by atoms with van der Waals surface area (Å²) < 4.78 is 5.94. The topological polar surface area (TPSA) is 76.6 Å². The molecule has 1 aromatic heterocycles. The lowest BCUT2D eigenvalue weighted by atomic mass is 10.0. The maximum Gasteiger partial charge on any atom is 0.254 e. The van der Waals surface area contributed by atoms with E-state index in [0.29, 0.717) is 25.3 Å². The van der Waals surface area contributed by atoms with E-state index in [1.807, 2.05) is 73.3 Å². The SMILES string of the molecule is C=O.CC=O.Cc1cccc(C(=O)N2CCOc3ccc(-c4cnc5ccccc5c4)cc3C2)c1. The van der Waals surface area contributed by atoms with Crippen LogP contribution in [0.4, 0.5) is 0 Å². The number of hydrogen-bond acceptors (Lipinski definition) is 5. The first-order valence-electron chi connectivity index (χ1n) is 11.2. The van der Waals surface area contributed by atoms with E-state index in [2.05, 4.69) is 29.2 Å². The smallest absolute Gasteiger partial charge is 0.254 e. The number of fused-ring (bicyclic) bond motifs is 2. The number of ether oxygens (including phenoxy) is 1. The Balaban J connectivity index is 0.000000638. The van der Waals surface area contributed by atoms with Gasteiger partial charge in [0.05, 0.1) is 12.1 Å². The highest BCUT2D eigenvalue weighted by Crippen LogP contribution is 2.30. The van der Waals surface area contributed by atoms with Crippen LogP contribution in [0.1, 0.15) is 28.4 Å². The third-order valence-electron chi connectivity index (χ3n) is 5.52. The second-order valence-electron chi connectivity index (χ2n) is 7.92. The highest BCUT2D eigenvalue weighted by Gasteiger charge is 2.21. The quantitative estimate of drug-likeness (QED) is 0.375. The van der Waals surface area contributed by atoms with Crippen LogP contribution in [-0.4, -0.2) is 42.0 Å². The summed E-state index contributed by atoms with van der Waals surface area (Å²) in [6, 6.07) is 24.2. The Hall–Kier alpha value is -4.32. The van der Waals surface area contributed by atoms with Gasteiger partial charge in [-0.1, -0.05) is 42.0 Å². The number of pyridine rings is 1. The van der Waals surface area contributed by atoms with E-state index < -0.39 is 0 Å². The highest BCUT2D eigenvalue weighted by atomic mass is 16.5. The third kappa shape index (κ3) is 6.18. The van der Waals surface area contributed by atoms with Gasteiger partial charge in [-0.2, -0.15) is 0 Å². The summed E-state index contributed by atoms with van der Waals surface area (Å²) in [6.45, 7) is 7.02. The molecule has 0 spiro atoms. The maximum atomic E-state index is 13.1. The van der Waals surface area contributed by atoms with Crippen molar-refractivity contribution in [1.82, 2.24) is 9.88 Å². The standard InChI is InChI=1S/C26H22N2O2.C2H4O.CH2O/c1-18-5-4-7-21(13-18)26(29)28-11-12-30-25-10-9-19(14-23(25)17-28)22-15-20-6-2-3-8-24(20)27-16-22;1-2-3;1-2/h2-10,13-16H,11-12,17H2,1H3;2H,1H3;1H2. The van der Waals surface area contributed by atoms with E-state index in [-0.39, 0.29) is 5.91 Å². The van der Waals surface area contributed by atoms with Gasteiger partial charge in [0.15, 0.2) is 0 Å². The molecule has 4 aromatic rings. The molecular weight excluding hydrogens is 440 g/mol. The van der Waals surface area contributed by atoms with E-state index in [4.69, 9.17) is 14.3 Å². The van der Waals surface area contributed by atoms with Gasteiger partial charge in [-0.15, -0.1) is 0 Å². The summed E-state index contributed by atoms with van der Waals surface area (Å²) >= 11 is 0. The van der Waals surface area contributed by atoms with Gasteiger partial charge in [-0.3, -0.25) is 9.78 Å². The van der Waals surface area contributed by atoms with Crippen molar-refractivity contribution in [1.29, 1.82) is 0 Å². The number of amides is 1. The fourth-order valence-electron chi connectivity index (χ4n) is 3.94. The molecule has 3 aromatic carbocycles. The number of aromatic nitrogens is 1. The summed E-state index contributed by atoms with van der Waals surface area (Å²) in [7, 11) is 0. The Morgan fingerprint density at radius 2 is 1.77 bits per heavy atom. The number of rotatable bonds is 2. The van der Waals surface area contributed by atoms with Crippen LogP contribution >= 0.6 is 0 Å². The molecule has 0 radical (unpaired) electrons. The maximum absolute atomic E-state index is 13.1. The largest absolute Gasteiger partial charge is 0.491 e. The minimum Gasteiger partial charge on any atom is -0.491 e. The van der Waals surface area contributed by atoms with Gasteiger partial charge in [-0.25, -0.2) is 0 Å². The molecule has 0 saturated heterocycles. The average molecular weight is 469 g/mol. The van der Waals surface area contributed by atoms with E-state index >= 15 is 0 Å². The molecule has 178 valence electrons. The van der Waals surface area contributed by atoms with Gasteiger partial charge in [0.2, 0.25) is 0 Å². The fraction of sp³-hybridized carbons (Fsp3) is 0.172. The Kier molecular flexibility index (Phi) is 8.84. The van der Waals surface area contributed by atoms with E-state index in [1.54, 1.807) is 0 Å². The van der Waals surface area contributed by atoms with Crippen LogP contribution in [0.25, 0.3) is 22.0 Å². The Bertz CT molecular complexity index is 1320. The number of carbonyl (C=O) groups is 3. The van der Waals surface area contributed by atoms with Crippen molar-refractivity contribution >= 4 is 29.9 Å². The number of aldehydes is 1. The molecule has 0 unspecified atom stereocenters. The first-order chi connectivity index (χ1) is 17.1. The van der Waals surface area contributed by atoms with E-state index in [0.717, 1.165) is 45.2 Å². The Morgan fingerprint density at radius 3 is 2.54 bits per heavy atom. The zero-order chi connectivity index (χ0) is 25.2. The van der Waals surface area contributed by atoms with Gasteiger partial charge in [0.25, 0.3) is 5.91 Å². The predicted molar refractivity (Wildman–Crippen MR) is 137 cm³/mol. The molecule has 5 rings (SSSR count). The van der Waals surface area contributed by atoms with Crippen LogP contribution < -0.4 is 4.74 Å². The van der Waals surface area contributed by atoms with E-state index in [9.17, 15) is 4.79 Å². The molecule has 6 nitrogen and oxygen atoms in total. The van der Waals surface area contributed by atoms with Crippen molar-refractivity contribution in [2.75, 3.05) is 13.2 Å². The second kappa shape index (κ2) is 12.2. The zero-order valence-corrected chi connectivity index (χ0v) is 19.9. The van der Waals surface area contributed by atoms with Crippen LogP contribution in [0, 0.1) is 6.92 Å². The first-order valence-corrected chi connectivity index (χ1v) is 11.2. The van der Waals surface area contributed by atoms with Crippen molar-refractivity contribution in [3.63, 3.8) is 0 Å². The van der Waals surface area contributed by atoms with Crippen molar-refractivity contribution in [2.45, 2.75) is 20.4 Å². The summed E-state index contributed by atoms with van der Waals surface area (Å²) in [5.74, 6) is 0.875. The number of aryl methyl sites for hydroxylation is 1. The molecule has 0 saturated carbocycles. The van der Waals surface area contributed by atoms with Crippen molar-refractivity contribution in [3.8, 4) is 16.9 Å². The highest BCUT2D eigenvalue weighted by molar-refractivity contribution is 5.94. The zero-order valence-electron chi connectivity index (χ0n) is 19.9. The molecular formula is C29H28N2O4. The summed E-state index contributed by atoms with van der Waals surface area (Å²) in [4.78, 5) is 36.3. The van der Waals surface area contributed by atoms with Crippen molar-refractivity contribution in [3.05, 3.63) is 95.7 Å². The minimum atomic E-state index is 0.0351. The van der Waals surface area contributed by atoms with Gasteiger partial charge < -0.3 is 19.2 Å². The molecule has 2 heterocycles. The molecule has 0 aliphatic carbocycles. The number of para-hydroxylation sites is 1. The molecule has 1 aliphatic rings. The molecule has 35 heavy (non-hydrogen) atoms. The van der Waals surface area contributed by atoms with Crippen LogP contribution in [0.3, 0.4) is 0 Å². The van der Waals surface area contributed by atoms with Crippen LogP contribution in [0.2, 0.25) is 0 Å². The normalized spacial score (nSPS) is 12.0. The summed E-state index contributed by atoms with van der Waals surface area (Å²) in [5.41, 5.74) is 5.91. The monoisotopic (exact) mass is 468 g/mol. The van der Waals surface area contributed by atoms with E-state index in [1.165, 1.54) is 6.92 Å². The molecule has 1 amide bonds. The molecule has 0 bridgehead atoms. The number of carbonyl (C=O) groups excluding carboxylic acids is 3. The summed E-state index contributed by atoms with van der Waals surface area (Å²) in [6.07, 6.45) is 2.65. The van der Waals surface area contributed by atoms with Gasteiger partial charge >= 0.3 is 0 Å². The van der Waals surface area contributed by atoms with Gasteiger partial charge in [0.1, 0.15) is 25.4 Å². The molecule has 0 fully saturated rings. The average Bonchev–Trinajstić information content (AvgIpc) is 3.11. The molecule has 0 N–H and O–H groups in total. The number of hydrogen-bond donors (Lipinski definition) is 0. The fourth-order valence-corrected chi connectivity index (χ4v) is 3.94. The Morgan fingerprint density at radius 1 is 1.00 bits per heavy atom.